The van der Waals surface area contributed by atoms with Crippen LogP contribution in [0.1, 0.15) is 104 Å². The largest absolute Gasteiger partial charge is 0.469 e. The van der Waals surface area contributed by atoms with Gasteiger partial charge in [0.05, 0.1) is 19.8 Å². The van der Waals surface area contributed by atoms with Gasteiger partial charge in [-0.15, -0.1) is 0 Å². The lowest BCUT2D eigenvalue weighted by atomic mass is 9.44. The molecule has 4 saturated carbocycles. The van der Waals surface area contributed by atoms with E-state index in [4.69, 9.17) is 9.73 Å². The number of likely N-dealkylation sites (tertiary alicyclic amines) is 1. The van der Waals surface area contributed by atoms with Crippen LogP contribution < -0.4 is 0 Å². The van der Waals surface area contributed by atoms with Gasteiger partial charge in [-0.05, 0) is 130 Å². The minimum atomic E-state index is -0.183. The minimum Gasteiger partial charge on any atom is -0.469 e. The Morgan fingerprint density at radius 2 is 1.84 bits per heavy atom. The number of ether oxygens (including phenoxy) is 1. The van der Waals surface area contributed by atoms with Crippen molar-refractivity contribution in [1.29, 1.82) is 0 Å². The van der Waals surface area contributed by atoms with Gasteiger partial charge in [0.15, 0.2) is 0 Å². The zero-order valence-corrected chi connectivity index (χ0v) is 24.2. The highest BCUT2D eigenvalue weighted by Gasteiger charge is 2.62. The summed E-state index contributed by atoms with van der Waals surface area (Å²) in [5, 5.41) is 11.6. The number of fused-ring (bicyclic) bond motifs is 5. The lowest BCUT2D eigenvalue weighted by Gasteiger charge is -2.62. The SMILES string of the molecule is COC(=O)CCC(C)C1CCC2C3CC(O)C4CC(=NCCN5CCCCC5)CCC4(C)C3CCC12C. The van der Waals surface area contributed by atoms with Crippen molar-refractivity contribution >= 4 is 11.7 Å². The van der Waals surface area contributed by atoms with Gasteiger partial charge in [0.25, 0.3) is 0 Å². The molecule has 0 aromatic rings. The maximum Gasteiger partial charge on any atom is 0.305 e. The number of rotatable bonds is 7. The molecule has 5 aliphatic rings. The van der Waals surface area contributed by atoms with E-state index in [0.717, 1.165) is 50.6 Å². The van der Waals surface area contributed by atoms with Crippen molar-refractivity contribution in [3.8, 4) is 0 Å². The average molecular weight is 515 g/mol. The smallest absolute Gasteiger partial charge is 0.305 e. The molecule has 5 rings (SSSR count). The topological polar surface area (TPSA) is 62.1 Å². The van der Waals surface area contributed by atoms with Crippen LogP contribution >= 0.6 is 0 Å². The molecule has 9 atom stereocenters. The number of methoxy groups -OCH3 is 1. The molecule has 0 aromatic heterocycles. The molecule has 9 unspecified atom stereocenters. The van der Waals surface area contributed by atoms with Gasteiger partial charge in [-0.25, -0.2) is 0 Å². The first-order valence-corrected chi connectivity index (χ1v) is 15.8. The maximum atomic E-state index is 11.8. The molecule has 1 N–H and O–H groups in total. The number of aliphatic hydroxyl groups is 1. The monoisotopic (exact) mass is 514 g/mol. The van der Waals surface area contributed by atoms with Crippen molar-refractivity contribution in [2.45, 2.75) is 110 Å². The van der Waals surface area contributed by atoms with Crippen LogP contribution in [0.5, 0.6) is 0 Å². The third kappa shape index (κ3) is 5.30. The first-order chi connectivity index (χ1) is 17.8. The van der Waals surface area contributed by atoms with Gasteiger partial charge in [-0.1, -0.05) is 27.2 Å². The predicted molar refractivity (Wildman–Crippen MR) is 150 cm³/mol. The molecule has 210 valence electrons. The van der Waals surface area contributed by atoms with E-state index in [1.165, 1.54) is 77.3 Å². The molecule has 5 fully saturated rings. The molecule has 5 nitrogen and oxygen atoms in total. The van der Waals surface area contributed by atoms with E-state index in [9.17, 15) is 9.90 Å². The van der Waals surface area contributed by atoms with Crippen LogP contribution in [0.4, 0.5) is 0 Å². The van der Waals surface area contributed by atoms with E-state index < -0.39 is 0 Å². The molecule has 0 aromatic carbocycles. The number of aliphatic hydroxyl groups excluding tert-OH is 1. The summed E-state index contributed by atoms with van der Waals surface area (Å²) < 4.78 is 4.92. The number of carbonyl (C=O) groups excluding carboxylic acids is 1. The fourth-order valence-corrected chi connectivity index (χ4v) is 10.4. The second-order valence-electron chi connectivity index (χ2n) is 14.2. The van der Waals surface area contributed by atoms with Crippen LogP contribution in [0.25, 0.3) is 0 Å². The van der Waals surface area contributed by atoms with Crippen molar-refractivity contribution in [1.82, 2.24) is 4.90 Å². The van der Waals surface area contributed by atoms with E-state index in [0.29, 0.717) is 35.5 Å². The highest BCUT2D eigenvalue weighted by molar-refractivity contribution is 5.85. The molecule has 37 heavy (non-hydrogen) atoms. The summed E-state index contributed by atoms with van der Waals surface area (Å²) in [6.07, 6.45) is 15.0. The Morgan fingerprint density at radius 1 is 1.08 bits per heavy atom. The molecule has 0 radical (unpaired) electrons. The Bertz CT molecular complexity index is 838. The summed E-state index contributed by atoms with van der Waals surface area (Å²) >= 11 is 0. The number of nitrogens with zero attached hydrogens (tertiary/aromatic N) is 2. The second kappa shape index (κ2) is 11.3. The van der Waals surface area contributed by atoms with E-state index in [-0.39, 0.29) is 17.5 Å². The quantitative estimate of drug-likeness (QED) is 0.415. The van der Waals surface area contributed by atoms with Crippen LogP contribution in [-0.4, -0.2) is 61.1 Å². The van der Waals surface area contributed by atoms with Gasteiger partial charge >= 0.3 is 5.97 Å². The zero-order valence-electron chi connectivity index (χ0n) is 24.2. The summed E-state index contributed by atoms with van der Waals surface area (Å²) in [7, 11) is 1.50. The van der Waals surface area contributed by atoms with Crippen molar-refractivity contribution in [2.24, 2.45) is 51.3 Å². The molecule has 1 heterocycles. The highest BCUT2D eigenvalue weighted by Crippen LogP contribution is 2.68. The van der Waals surface area contributed by atoms with Crippen molar-refractivity contribution in [3.05, 3.63) is 0 Å². The van der Waals surface area contributed by atoms with Crippen LogP contribution in [0.2, 0.25) is 0 Å². The van der Waals surface area contributed by atoms with Gasteiger partial charge in [0.2, 0.25) is 0 Å². The molecular formula is C32H54N2O3. The number of esters is 1. The fourth-order valence-electron chi connectivity index (χ4n) is 10.4. The summed E-state index contributed by atoms with van der Waals surface area (Å²) in [6, 6.07) is 0. The summed E-state index contributed by atoms with van der Waals surface area (Å²) in [4.78, 5) is 19.5. The molecule has 4 aliphatic carbocycles. The van der Waals surface area contributed by atoms with E-state index in [1.807, 2.05) is 0 Å². The third-order valence-corrected chi connectivity index (χ3v) is 12.5. The Hall–Kier alpha value is -0.940. The van der Waals surface area contributed by atoms with Gasteiger partial charge in [-0.3, -0.25) is 9.79 Å². The molecule has 0 spiro atoms. The van der Waals surface area contributed by atoms with E-state index >= 15 is 0 Å². The van der Waals surface area contributed by atoms with E-state index in [2.05, 4.69) is 25.7 Å². The number of hydrogen-bond donors (Lipinski definition) is 1. The third-order valence-electron chi connectivity index (χ3n) is 12.5. The second-order valence-corrected chi connectivity index (χ2v) is 14.2. The molecule has 0 bridgehead atoms. The predicted octanol–water partition coefficient (Wildman–Crippen LogP) is 6.13. The molecule has 1 saturated heterocycles. The Morgan fingerprint density at radius 3 is 2.59 bits per heavy atom. The minimum absolute atomic E-state index is 0.0728. The number of hydrogen-bond acceptors (Lipinski definition) is 5. The Labute approximate surface area is 226 Å². The van der Waals surface area contributed by atoms with Crippen molar-refractivity contribution in [3.63, 3.8) is 0 Å². The summed E-state index contributed by atoms with van der Waals surface area (Å²) in [6.45, 7) is 12.0. The van der Waals surface area contributed by atoms with Gasteiger partial charge in [0, 0.05) is 18.7 Å². The Balaban J connectivity index is 1.23. The summed E-state index contributed by atoms with van der Waals surface area (Å²) in [5.74, 6) is 3.69. The highest BCUT2D eigenvalue weighted by atomic mass is 16.5. The standard InChI is InChI=1S/C32H54N2O3/c1-22(8-11-30(36)37-4)25-9-10-26-24-21-29(35)28-20-23(33-16-19-34-17-6-5-7-18-34)12-14-32(28,3)27(24)13-15-31(25,26)2/h22,24-29,35H,5-21H2,1-4H3. The van der Waals surface area contributed by atoms with Crippen molar-refractivity contribution in [2.75, 3.05) is 33.3 Å². The van der Waals surface area contributed by atoms with Crippen molar-refractivity contribution < 1.29 is 14.6 Å². The van der Waals surface area contributed by atoms with Gasteiger partial charge in [-0.2, -0.15) is 0 Å². The fraction of sp³-hybridized carbons (Fsp3) is 0.938. The first kappa shape index (κ1) is 27.6. The molecule has 5 heteroatoms. The lowest BCUT2D eigenvalue weighted by molar-refractivity contribution is -0.150. The van der Waals surface area contributed by atoms with Crippen LogP contribution in [-0.2, 0) is 9.53 Å². The number of piperidine rings is 1. The first-order valence-electron chi connectivity index (χ1n) is 15.8. The van der Waals surface area contributed by atoms with E-state index in [1.54, 1.807) is 0 Å². The van der Waals surface area contributed by atoms with Crippen LogP contribution in [0.15, 0.2) is 4.99 Å². The maximum absolute atomic E-state index is 11.8. The molecule has 0 amide bonds. The van der Waals surface area contributed by atoms with Crippen LogP contribution in [0.3, 0.4) is 0 Å². The number of carbonyl (C=O) groups is 1. The normalized spacial score (nSPS) is 44.1. The molecule has 1 aliphatic heterocycles. The Kier molecular flexibility index (Phi) is 8.42. The lowest BCUT2D eigenvalue weighted by Crippen LogP contribution is -2.58. The molecular weight excluding hydrogens is 460 g/mol. The average Bonchev–Trinajstić information content (AvgIpc) is 3.26. The summed E-state index contributed by atoms with van der Waals surface area (Å²) in [5.41, 5.74) is 2.00. The number of aliphatic imine (C=N–C) groups is 1. The zero-order chi connectivity index (χ0) is 26.2. The van der Waals surface area contributed by atoms with Crippen LogP contribution in [0, 0.1) is 46.3 Å². The van der Waals surface area contributed by atoms with Gasteiger partial charge in [0.1, 0.15) is 0 Å². The van der Waals surface area contributed by atoms with Gasteiger partial charge < -0.3 is 14.7 Å².